The van der Waals surface area contributed by atoms with Gasteiger partial charge in [-0.2, -0.15) is 0 Å². The van der Waals surface area contributed by atoms with Crippen molar-refractivity contribution < 1.29 is 19.4 Å². The fraction of sp³-hybridized carbons (Fsp3) is 0.385. The highest BCUT2D eigenvalue weighted by molar-refractivity contribution is 5.93. The molecule has 6 nitrogen and oxygen atoms in total. The molecule has 0 aromatic heterocycles. The molecule has 1 atom stereocenters. The van der Waals surface area contributed by atoms with Crippen LogP contribution in [0.15, 0.2) is 18.2 Å². The molecule has 0 aliphatic carbocycles. The summed E-state index contributed by atoms with van der Waals surface area (Å²) in [5.74, 6) is -1.14. The van der Waals surface area contributed by atoms with Crippen molar-refractivity contribution in [1.82, 2.24) is 5.32 Å². The predicted octanol–water partition coefficient (Wildman–Crippen LogP) is 1.52. The highest BCUT2D eigenvalue weighted by atomic mass is 16.5. The van der Waals surface area contributed by atoms with Crippen LogP contribution in [-0.4, -0.2) is 36.9 Å². The van der Waals surface area contributed by atoms with Gasteiger partial charge in [-0.05, 0) is 31.0 Å². The SMILES string of the molecule is COCC(NC(=O)Nc1cccc(C)c1C)C(=O)O. The lowest BCUT2D eigenvalue weighted by atomic mass is 10.1. The van der Waals surface area contributed by atoms with E-state index in [1.54, 1.807) is 6.07 Å². The van der Waals surface area contributed by atoms with Crippen LogP contribution in [0.2, 0.25) is 0 Å². The smallest absolute Gasteiger partial charge is 0.328 e. The average molecular weight is 266 g/mol. The van der Waals surface area contributed by atoms with E-state index in [9.17, 15) is 9.59 Å². The molecule has 19 heavy (non-hydrogen) atoms. The number of carboxylic acid groups (broad SMARTS) is 1. The number of rotatable bonds is 5. The summed E-state index contributed by atoms with van der Waals surface area (Å²) in [6.45, 7) is 3.73. The molecule has 104 valence electrons. The van der Waals surface area contributed by atoms with Gasteiger partial charge in [0.1, 0.15) is 0 Å². The molecule has 0 saturated heterocycles. The number of benzene rings is 1. The number of carboxylic acids is 1. The van der Waals surface area contributed by atoms with E-state index in [-0.39, 0.29) is 6.61 Å². The van der Waals surface area contributed by atoms with E-state index in [0.29, 0.717) is 5.69 Å². The van der Waals surface area contributed by atoms with E-state index in [1.807, 2.05) is 26.0 Å². The van der Waals surface area contributed by atoms with Gasteiger partial charge in [-0.3, -0.25) is 0 Å². The Morgan fingerprint density at radius 1 is 1.37 bits per heavy atom. The van der Waals surface area contributed by atoms with Gasteiger partial charge >= 0.3 is 12.0 Å². The Morgan fingerprint density at radius 2 is 2.05 bits per heavy atom. The van der Waals surface area contributed by atoms with Crippen LogP contribution in [0.1, 0.15) is 11.1 Å². The van der Waals surface area contributed by atoms with Gasteiger partial charge in [0.25, 0.3) is 0 Å². The summed E-state index contributed by atoms with van der Waals surface area (Å²) < 4.78 is 4.74. The van der Waals surface area contributed by atoms with Crippen LogP contribution in [0, 0.1) is 13.8 Å². The van der Waals surface area contributed by atoms with Crippen molar-refractivity contribution in [2.24, 2.45) is 0 Å². The highest BCUT2D eigenvalue weighted by Gasteiger charge is 2.19. The third kappa shape index (κ3) is 4.26. The van der Waals surface area contributed by atoms with E-state index in [4.69, 9.17) is 9.84 Å². The molecule has 1 rings (SSSR count). The first-order valence-corrected chi connectivity index (χ1v) is 5.81. The third-order valence-corrected chi connectivity index (χ3v) is 2.79. The summed E-state index contributed by atoms with van der Waals surface area (Å²) in [7, 11) is 1.38. The zero-order valence-corrected chi connectivity index (χ0v) is 11.2. The Labute approximate surface area is 111 Å². The molecule has 1 aromatic carbocycles. The number of methoxy groups -OCH3 is 1. The number of aryl methyl sites for hydroxylation is 1. The molecule has 0 bridgehead atoms. The molecule has 0 aliphatic heterocycles. The zero-order chi connectivity index (χ0) is 14.4. The molecule has 1 unspecified atom stereocenters. The molecule has 2 amide bonds. The largest absolute Gasteiger partial charge is 0.480 e. The summed E-state index contributed by atoms with van der Waals surface area (Å²) in [6.07, 6.45) is 0. The number of anilines is 1. The molecule has 1 aromatic rings. The van der Waals surface area contributed by atoms with E-state index in [1.165, 1.54) is 7.11 Å². The lowest BCUT2D eigenvalue weighted by Crippen LogP contribution is -2.45. The number of urea groups is 1. The number of nitrogens with one attached hydrogen (secondary N) is 2. The summed E-state index contributed by atoms with van der Waals surface area (Å²) in [5.41, 5.74) is 2.64. The van der Waals surface area contributed by atoms with Gasteiger partial charge in [-0.25, -0.2) is 9.59 Å². The number of aliphatic carboxylic acids is 1. The predicted molar refractivity (Wildman–Crippen MR) is 71.4 cm³/mol. The van der Waals surface area contributed by atoms with E-state index in [2.05, 4.69) is 10.6 Å². The second-order valence-electron chi connectivity index (χ2n) is 4.19. The molecule has 3 N–H and O–H groups in total. The van der Waals surface area contributed by atoms with Crippen molar-refractivity contribution >= 4 is 17.7 Å². The Balaban J connectivity index is 2.69. The van der Waals surface area contributed by atoms with Gasteiger partial charge in [0.2, 0.25) is 0 Å². The highest BCUT2D eigenvalue weighted by Crippen LogP contribution is 2.17. The van der Waals surface area contributed by atoms with Crippen molar-refractivity contribution in [2.75, 3.05) is 19.0 Å². The van der Waals surface area contributed by atoms with Crippen molar-refractivity contribution in [1.29, 1.82) is 0 Å². The Morgan fingerprint density at radius 3 is 2.63 bits per heavy atom. The van der Waals surface area contributed by atoms with Gasteiger partial charge in [0.15, 0.2) is 6.04 Å². The van der Waals surface area contributed by atoms with Crippen molar-refractivity contribution in [2.45, 2.75) is 19.9 Å². The molecule has 0 fully saturated rings. The van der Waals surface area contributed by atoms with Crippen LogP contribution in [0.25, 0.3) is 0 Å². The number of hydrogen-bond donors (Lipinski definition) is 3. The lowest BCUT2D eigenvalue weighted by molar-refractivity contribution is -0.140. The third-order valence-electron chi connectivity index (χ3n) is 2.79. The average Bonchev–Trinajstić information content (AvgIpc) is 2.34. The quantitative estimate of drug-likeness (QED) is 0.754. The summed E-state index contributed by atoms with van der Waals surface area (Å²) >= 11 is 0. The van der Waals surface area contributed by atoms with Crippen molar-refractivity contribution in [3.05, 3.63) is 29.3 Å². The number of amides is 2. The van der Waals surface area contributed by atoms with Gasteiger partial charge in [0, 0.05) is 12.8 Å². The van der Waals surface area contributed by atoms with Gasteiger partial charge < -0.3 is 20.5 Å². The van der Waals surface area contributed by atoms with Gasteiger partial charge in [-0.15, -0.1) is 0 Å². The second-order valence-corrected chi connectivity index (χ2v) is 4.19. The minimum absolute atomic E-state index is 0.0877. The maximum Gasteiger partial charge on any atom is 0.328 e. The molecule has 6 heteroatoms. The molecular weight excluding hydrogens is 248 g/mol. The van der Waals surface area contributed by atoms with Gasteiger partial charge in [-0.1, -0.05) is 12.1 Å². The van der Waals surface area contributed by atoms with E-state index >= 15 is 0 Å². The first-order valence-electron chi connectivity index (χ1n) is 5.81. The summed E-state index contributed by atoms with van der Waals surface area (Å²) in [6, 6.07) is 3.87. The lowest BCUT2D eigenvalue weighted by Gasteiger charge is -2.15. The molecular formula is C13H18N2O4. The van der Waals surface area contributed by atoms with Crippen molar-refractivity contribution in [3.8, 4) is 0 Å². The Bertz CT molecular complexity index is 474. The van der Waals surface area contributed by atoms with Crippen molar-refractivity contribution in [3.63, 3.8) is 0 Å². The van der Waals surface area contributed by atoms with Crippen LogP contribution >= 0.6 is 0 Å². The second kappa shape index (κ2) is 6.75. The maximum absolute atomic E-state index is 11.7. The number of ether oxygens (including phenoxy) is 1. The van der Waals surface area contributed by atoms with Crippen LogP contribution in [0.5, 0.6) is 0 Å². The summed E-state index contributed by atoms with van der Waals surface area (Å²) in [5, 5.41) is 13.9. The zero-order valence-electron chi connectivity index (χ0n) is 11.2. The Kier molecular flexibility index (Phi) is 5.32. The molecule has 0 spiro atoms. The molecule has 0 radical (unpaired) electrons. The molecule has 0 heterocycles. The number of carbonyl (C=O) groups is 2. The fourth-order valence-electron chi connectivity index (χ4n) is 1.54. The van der Waals surface area contributed by atoms with Crippen LogP contribution < -0.4 is 10.6 Å². The number of carbonyl (C=O) groups excluding carboxylic acids is 1. The fourth-order valence-corrected chi connectivity index (χ4v) is 1.54. The van der Waals surface area contributed by atoms with Crippen LogP contribution in [-0.2, 0) is 9.53 Å². The topological polar surface area (TPSA) is 87.7 Å². The van der Waals surface area contributed by atoms with Crippen LogP contribution in [0.4, 0.5) is 10.5 Å². The summed E-state index contributed by atoms with van der Waals surface area (Å²) in [4.78, 5) is 22.6. The van der Waals surface area contributed by atoms with E-state index < -0.39 is 18.0 Å². The van der Waals surface area contributed by atoms with E-state index in [0.717, 1.165) is 11.1 Å². The minimum atomic E-state index is -1.14. The normalized spacial score (nSPS) is 11.7. The number of hydrogen-bond acceptors (Lipinski definition) is 3. The first-order chi connectivity index (χ1) is 8.95. The standard InChI is InChI=1S/C13H18N2O4/c1-8-5-4-6-10(9(8)2)14-13(18)15-11(7-19-3)12(16)17/h4-6,11H,7H2,1-3H3,(H,16,17)(H2,14,15,18). The molecule has 0 saturated carbocycles. The van der Waals surface area contributed by atoms with Gasteiger partial charge in [0.05, 0.1) is 6.61 Å². The monoisotopic (exact) mass is 266 g/mol. The minimum Gasteiger partial charge on any atom is -0.480 e. The first kappa shape index (κ1) is 15.0. The van der Waals surface area contributed by atoms with Crippen LogP contribution in [0.3, 0.4) is 0 Å². The Hall–Kier alpha value is -2.08. The molecule has 0 aliphatic rings. The maximum atomic E-state index is 11.7.